The summed E-state index contributed by atoms with van der Waals surface area (Å²) in [6.45, 7) is 3.45. The highest BCUT2D eigenvalue weighted by Gasteiger charge is 2.31. The highest BCUT2D eigenvalue weighted by atomic mass is 35.5. The molecule has 1 aromatic carbocycles. The first-order valence-electron chi connectivity index (χ1n) is 9.13. The Labute approximate surface area is 196 Å². The van der Waals surface area contributed by atoms with E-state index in [0.717, 1.165) is 41.5 Å². The van der Waals surface area contributed by atoms with Gasteiger partial charge < -0.3 is 21.1 Å². The summed E-state index contributed by atoms with van der Waals surface area (Å²) in [7, 11) is 0. The molecule has 1 atom stereocenters. The van der Waals surface area contributed by atoms with Crippen LogP contribution in [0, 0.1) is 12.8 Å². The average molecular weight is 496 g/mol. The van der Waals surface area contributed by atoms with E-state index < -0.39 is 11.8 Å². The summed E-state index contributed by atoms with van der Waals surface area (Å²) >= 11 is 7.22. The molecule has 11 heteroatoms. The number of rotatable bonds is 5. The number of nitrogens with one attached hydrogen (secondary N) is 3. The van der Waals surface area contributed by atoms with Gasteiger partial charge in [0.1, 0.15) is 5.01 Å². The summed E-state index contributed by atoms with van der Waals surface area (Å²) in [6, 6.07) is 6.18. The zero-order chi connectivity index (χ0) is 20.1. The minimum atomic E-state index is -0.739. The number of aliphatic hydroxyl groups excluding tert-OH is 1. The predicted molar refractivity (Wildman–Crippen MR) is 124 cm³/mol. The number of amides is 2. The van der Waals surface area contributed by atoms with Gasteiger partial charge in [0.15, 0.2) is 0 Å². The van der Waals surface area contributed by atoms with Crippen molar-refractivity contribution in [2.24, 2.45) is 5.92 Å². The number of nitrogens with zero attached hydrogens (tertiary/aromatic N) is 1. The SMILES string of the molecule is Cc1nc(C(NC(=O)C(=O)Nc2ccc(Cl)cc2)C2CCNCC2)sc1CO.Cl.Cl. The lowest BCUT2D eigenvalue weighted by Gasteiger charge is -2.30. The first kappa shape index (κ1) is 26.6. The van der Waals surface area contributed by atoms with Crippen LogP contribution in [0.1, 0.15) is 34.5 Å². The minimum Gasteiger partial charge on any atom is -0.391 e. The number of piperidine rings is 1. The Balaban J connectivity index is 0.00000225. The largest absolute Gasteiger partial charge is 0.391 e. The van der Waals surface area contributed by atoms with Crippen LogP contribution in [0.4, 0.5) is 5.69 Å². The summed E-state index contributed by atoms with van der Waals surface area (Å²) < 4.78 is 0. The maximum atomic E-state index is 12.6. The van der Waals surface area contributed by atoms with Crippen molar-refractivity contribution in [1.29, 1.82) is 0 Å². The number of hydrogen-bond donors (Lipinski definition) is 4. The minimum absolute atomic E-state index is 0. The van der Waals surface area contributed by atoms with E-state index in [1.54, 1.807) is 24.3 Å². The summed E-state index contributed by atoms with van der Waals surface area (Å²) in [6.07, 6.45) is 1.74. The van der Waals surface area contributed by atoms with E-state index in [4.69, 9.17) is 11.6 Å². The van der Waals surface area contributed by atoms with Crippen LogP contribution in [0.2, 0.25) is 5.02 Å². The molecule has 0 radical (unpaired) electrons. The van der Waals surface area contributed by atoms with Gasteiger partial charge in [-0.3, -0.25) is 9.59 Å². The number of anilines is 1. The molecular formula is C19H25Cl3N4O3S. The molecule has 1 fully saturated rings. The molecule has 2 amide bonds. The summed E-state index contributed by atoms with van der Waals surface area (Å²) in [5, 5.41) is 19.5. The zero-order valence-electron chi connectivity index (χ0n) is 16.3. The number of thiazole rings is 1. The zero-order valence-corrected chi connectivity index (χ0v) is 19.5. The van der Waals surface area contributed by atoms with Crippen LogP contribution in [-0.4, -0.2) is 35.0 Å². The molecule has 1 saturated heterocycles. The molecule has 166 valence electrons. The number of carbonyl (C=O) groups excluding carboxylic acids is 2. The number of hydrogen-bond acceptors (Lipinski definition) is 6. The Morgan fingerprint density at radius 2 is 1.87 bits per heavy atom. The monoisotopic (exact) mass is 494 g/mol. The van der Waals surface area contributed by atoms with E-state index in [9.17, 15) is 14.7 Å². The van der Waals surface area contributed by atoms with E-state index >= 15 is 0 Å². The molecule has 30 heavy (non-hydrogen) atoms. The van der Waals surface area contributed by atoms with Crippen LogP contribution in [0.3, 0.4) is 0 Å². The van der Waals surface area contributed by atoms with Gasteiger partial charge in [-0.15, -0.1) is 36.2 Å². The first-order chi connectivity index (χ1) is 13.5. The number of benzene rings is 1. The fourth-order valence-corrected chi connectivity index (χ4v) is 4.41. The lowest BCUT2D eigenvalue weighted by molar-refractivity contribution is -0.137. The van der Waals surface area contributed by atoms with Crippen LogP contribution < -0.4 is 16.0 Å². The van der Waals surface area contributed by atoms with Gasteiger partial charge >= 0.3 is 11.8 Å². The van der Waals surface area contributed by atoms with Crippen molar-refractivity contribution in [1.82, 2.24) is 15.6 Å². The molecule has 1 aromatic heterocycles. The van der Waals surface area contributed by atoms with Crippen molar-refractivity contribution in [3.63, 3.8) is 0 Å². The normalized spacial score (nSPS) is 14.8. The number of aryl methyl sites for hydroxylation is 1. The predicted octanol–water partition coefficient (Wildman–Crippen LogP) is 3.24. The highest BCUT2D eigenvalue weighted by molar-refractivity contribution is 7.11. The molecule has 0 spiro atoms. The maximum absolute atomic E-state index is 12.6. The molecule has 4 N–H and O–H groups in total. The van der Waals surface area contributed by atoms with Gasteiger partial charge in [0.25, 0.3) is 0 Å². The molecule has 0 aliphatic carbocycles. The molecular weight excluding hydrogens is 471 g/mol. The Kier molecular flexibility index (Phi) is 11.0. The van der Waals surface area contributed by atoms with Crippen LogP contribution in [0.15, 0.2) is 24.3 Å². The summed E-state index contributed by atoms with van der Waals surface area (Å²) in [4.78, 5) is 30.2. The Morgan fingerprint density at radius 3 is 2.43 bits per heavy atom. The molecule has 1 aliphatic rings. The molecule has 1 aliphatic heterocycles. The van der Waals surface area contributed by atoms with E-state index in [0.29, 0.717) is 10.7 Å². The second-order valence-corrected chi connectivity index (χ2v) is 8.27. The molecule has 7 nitrogen and oxygen atoms in total. The molecule has 0 saturated carbocycles. The third-order valence-corrected chi connectivity index (χ3v) is 6.25. The van der Waals surface area contributed by atoms with Crippen molar-refractivity contribution in [2.75, 3.05) is 18.4 Å². The van der Waals surface area contributed by atoms with E-state index in [2.05, 4.69) is 20.9 Å². The van der Waals surface area contributed by atoms with Crippen molar-refractivity contribution in [2.45, 2.75) is 32.4 Å². The third kappa shape index (κ3) is 6.80. The van der Waals surface area contributed by atoms with Gasteiger partial charge in [0.2, 0.25) is 0 Å². The number of carbonyl (C=O) groups is 2. The van der Waals surface area contributed by atoms with Gasteiger partial charge in [-0.2, -0.15) is 0 Å². The molecule has 0 bridgehead atoms. The maximum Gasteiger partial charge on any atom is 0.313 e. The quantitative estimate of drug-likeness (QED) is 0.477. The highest BCUT2D eigenvalue weighted by Crippen LogP contribution is 2.33. The lowest BCUT2D eigenvalue weighted by Crippen LogP contribution is -2.43. The molecule has 3 rings (SSSR count). The van der Waals surface area contributed by atoms with Gasteiger partial charge in [-0.05, 0) is 63.0 Å². The molecule has 1 unspecified atom stereocenters. The second-order valence-electron chi connectivity index (χ2n) is 6.72. The van der Waals surface area contributed by atoms with Crippen molar-refractivity contribution in [3.05, 3.63) is 44.9 Å². The van der Waals surface area contributed by atoms with E-state index in [1.165, 1.54) is 11.3 Å². The van der Waals surface area contributed by atoms with Crippen molar-refractivity contribution >= 4 is 65.3 Å². The summed E-state index contributed by atoms with van der Waals surface area (Å²) in [5.41, 5.74) is 1.25. The summed E-state index contributed by atoms with van der Waals surface area (Å²) in [5.74, 6) is -1.28. The number of halogens is 3. The van der Waals surface area contributed by atoms with E-state index in [1.807, 2.05) is 6.92 Å². The number of aliphatic hydroxyl groups is 1. The molecule has 2 heterocycles. The van der Waals surface area contributed by atoms with Crippen molar-refractivity contribution in [3.8, 4) is 0 Å². The Bertz CT molecular complexity index is 842. The van der Waals surface area contributed by atoms with Gasteiger partial charge in [-0.25, -0.2) is 4.98 Å². The van der Waals surface area contributed by atoms with Gasteiger partial charge in [0.05, 0.1) is 23.2 Å². The lowest BCUT2D eigenvalue weighted by atomic mass is 9.90. The Hall–Kier alpha value is -1.42. The average Bonchev–Trinajstić information content (AvgIpc) is 3.08. The smallest absolute Gasteiger partial charge is 0.313 e. The number of aromatic nitrogens is 1. The van der Waals surface area contributed by atoms with Crippen LogP contribution >= 0.6 is 47.8 Å². The molecule has 2 aromatic rings. The Morgan fingerprint density at radius 1 is 1.23 bits per heavy atom. The standard InChI is InChI=1S/C19H23ClN4O3S.2ClH/c1-11-15(10-25)28-19(22-11)16(12-6-8-21-9-7-12)24-18(27)17(26)23-14-4-2-13(20)3-5-14;;/h2-5,12,16,21,25H,6-10H2,1H3,(H,23,26)(H,24,27);2*1H. The van der Waals surface area contributed by atoms with E-state index in [-0.39, 0.29) is 43.4 Å². The van der Waals surface area contributed by atoms with Crippen molar-refractivity contribution < 1.29 is 14.7 Å². The first-order valence-corrected chi connectivity index (χ1v) is 10.3. The fraction of sp³-hybridized carbons (Fsp3) is 0.421. The second kappa shape index (κ2) is 12.4. The van der Waals surface area contributed by atoms with Gasteiger partial charge in [0, 0.05) is 10.7 Å². The van der Waals surface area contributed by atoms with Crippen LogP contribution in [-0.2, 0) is 16.2 Å². The third-order valence-electron chi connectivity index (χ3n) is 4.77. The van der Waals surface area contributed by atoms with Crippen LogP contribution in [0.5, 0.6) is 0 Å². The fourth-order valence-electron chi connectivity index (χ4n) is 3.22. The topological polar surface area (TPSA) is 103 Å². The van der Waals surface area contributed by atoms with Crippen LogP contribution in [0.25, 0.3) is 0 Å². The van der Waals surface area contributed by atoms with Gasteiger partial charge in [-0.1, -0.05) is 11.6 Å².